The highest BCUT2D eigenvalue weighted by Gasteiger charge is 2.09. The first-order valence-electron chi connectivity index (χ1n) is 7.26. The average molecular weight is 332 g/mol. The molecule has 0 spiro atoms. The number of nitrogens with zero attached hydrogens (tertiary/aromatic N) is 5. The average Bonchev–Trinajstić information content (AvgIpc) is 3.21. The highest BCUT2D eigenvalue weighted by atomic mass is 32.1. The second-order valence-corrected chi connectivity index (χ2v) is 6.34. The minimum Gasteiger partial charge on any atom is -0.374 e. The third-order valence-corrected chi connectivity index (χ3v) is 4.52. The van der Waals surface area contributed by atoms with E-state index in [4.69, 9.17) is 11.0 Å². The Balaban J connectivity index is 1.74. The molecule has 4 rings (SSSR count). The molecule has 0 fully saturated rings. The van der Waals surface area contributed by atoms with Crippen molar-refractivity contribution in [3.8, 4) is 16.6 Å². The minimum absolute atomic E-state index is 0.451. The molecule has 6 nitrogen and oxygen atoms in total. The van der Waals surface area contributed by atoms with Gasteiger partial charge in [0.1, 0.15) is 5.01 Å². The van der Waals surface area contributed by atoms with Crippen molar-refractivity contribution in [2.45, 2.75) is 6.54 Å². The van der Waals surface area contributed by atoms with Gasteiger partial charge >= 0.3 is 0 Å². The van der Waals surface area contributed by atoms with Crippen molar-refractivity contribution in [2.75, 3.05) is 5.73 Å². The van der Waals surface area contributed by atoms with Gasteiger partial charge in [-0.3, -0.25) is 0 Å². The first-order valence-corrected chi connectivity index (χ1v) is 8.08. The summed E-state index contributed by atoms with van der Waals surface area (Å²) < 4.78 is 2.06. The standard InChI is InChI=1S/C17H12N6S/c18-8-11-2-1-3-12(6-11)9-23-10-20-14-5-4-13(7-15(14)23)16-21-22-17(19)24-16/h1-7,10H,9H2,(H2,19,22). The van der Waals surface area contributed by atoms with E-state index in [0.29, 0.717) is 17.2 Å². The van der Waals surface area contributed by atoms with Gasteiger partial charge in [-0.15, -0.1) is 10.2 Å². The molecule has 0 aliphatic rings. The minimum atomic E-state index is 0.451. The fraction of sp³-hybridized carbons (Fsp3) is 0.0588. The van der Waals surface area contributed by atoms with Gasteiger partial charge in [-0.2, -0.15) is 5.26 Å². The maximum atomic E-state index is 9.03. The number of imidazole rings is 1. The van der Waals surface area contributed by atoms with Crippen molar-refractivity contribution in [1.29, 1.82) is 5.26 Å². The molecule has 0 bridgehead atoms. The number of fused-ring (bicyclic) bond motifs is 1. The molecule has 2 aromatic carbocycles. The zero-order chi connectivity index (χ0) is 16.5. The van der Waals surface area contributed by atoms with Crippen LogP contribution in [0.1, 0.15) is 11.1 Å². The molecule has 0 saturated heterocycles. The summed E-state index contributed by atoms with van der Waals surface area (Å²) in [5.74, 6) is 0. The number of nitriles is 1. The molecule has 0 radical (unpaired) electrons. The molecule has 0 aliphatic heterocycles. The summed E-state index contributed by atoms with van der Waals surface area (Å²) in [5, 5.41) is 18.2. The van der Waals surface area contributed by atoms with Gasteiger partial charge in [-0.1, -0.05) is 23.5 Å². The van der Waals surface area contributed by atoms with Crippen LogP contribution in [0.2, 0.25) is 0 Å². The van der Waals surface area contributed by atoms with Crippen LogP contribution < -0.4 is 5.73 Å². The maximum absolute atomic E-state index is 9.03. The summed E-state index contributed by atoms with van der Waals surface area (Å²) in [6, 6.07) is 15.7. The SMILES string of the molecule is N#Cc1cccc(Cn2cnc3ccc(-c4nnc(N)s4)cc32)c1. The first kappa shape index (κ1) is 14.4. The lowest BCUT2D eigenvalue weighted by molar-refractivity contribution is 0.824. The normalized spacial score (nSPS) is 10.8. The van der Waals surface area contributed by atoms with Crippen molar-refractivity contribution in [3.63, 3.8) is 0 Å². The Kier molecular flexibility index (Phi) is 3.44. The Morgan fingerprint density at radius 3 is 2.88 bits per heavy atom. The molecule has 2 aromatic heterocycles. The van der Waals surface area contributed by atoms with Crippen LogP contribution in [0.15, 0.2) is 48.8 Å². The van der Waals surface area contributed by atoms with Gasteiger partial charge < -0.3 is 10.3 Å². The molecule has 0 aliphatic carbocycles. The van der Waals surface area contributed by atoms with Crippen molar-refractivity contribution >= 4 is 27.5 Å². The van der Waals surface area contributed by atoms with Gasteiger partial charge in [0.25, 0.3) is 0 Å². The summed E-state index contributed by atoms with van der Waals surface area (Å²) in [6.45, 7) is 0.647. The number of rotatable bonds is 3. The number of benzene rings is 2. The van der Waals surface area contributed by atoms with Crippen LogP contribution in [-0.4, -0.2) is 19.7 Å². The number of nitrogen functional groups attached to an aromatic ring is 1. The molecule has 2 N–H and O–H groups in total. The summed E-state index contributed by atoms with van der Waals surface area (Å²) in [5.41, 5.74) is 10.3. The maximum Gasteiger partial charge on any atom is 0.203 e. The van der Waals surface area contributed by atoms with Crippen LogP contribution in [0, 0.1) is 11.3 Å². The molecule has 4 aromatic rings. The van der Waals surface area contributed by atoms with Crippen molar-refractivity contribution < 1.29 is 0 Å². The first-order chi connectivity index (χ1) is 11.7. The number of aromatic nitrogens is 4. The lowest BCUT2D eigenvalue weighted by Gasteiger charge is -2.06. The number of hydrogen-bond acceptors (Lipinski definition) is 6. The van der Waals surface area contributed by atoms with Gasteiger partial charge in [0.2, 0.25) is 5.13 Å². The van der Waals surface area contributed by atoms with E-state index in [1.807, 2.05) is 42.7 Å². The predicted molar refractivity (Wildman–Crippen MR) is 93.3 cm³/mol. The molecular formula is C17H12N6S. The van der Waals surface area contributed by atoms with Crippen molar-refractivity contribution in [1.82, 2.24) is 19.7 Å². The summed E-state index contributed by atoms with van der Waals surface area (Å²) in [7, 11) is 0. The van der Waals surface area contributed by atoms with Crippen LogP contribution in [0.3, 0.4) is 0 Å². The van der Waals surface area contributed by atoms with Crippen molar-refractivity contribution in [3.05, 3.63) is 59.9 Å². The molecule has 7 heteroatoms. The number of anilines is 1. The second kappa shape index (κ2) is 5.76. The molecule has 0 amide bonds. The Labute approximate surface area is 141 Å². The second-order valence-electron chi connectivity index (χ2n) is 5.33. The van der Waals surface area contributed by atoms with Crippen LogP contribution in [0.5, 0.6) is 0 Å². The molecule has 2 heterocycles. The lowest BCUT2D eigenvalue weighted by atomic mass is 10.1. The van der Waals surface area contributed by atoms with Crippen LogP contribution in [0.4, 0.5) is 5.13 Å². The van der Waals surface area contributed by atoms with Gasteiger partial charge in [0, 0.05) is 12.1 Å². The van der Waals surface area contributed by atoms with Crippen LogP contribution in [0.25, 0.3) is 21.6 Å². The van der Waals surface area contributed by atoms with Crippen molar-refractivity contribution in [2.24, 2.45) is 0 Å². The fourth-order valence-corrected chi connectivity index (χ4v) is 3.21. The molecule has 116 valence electrons. The number of hydrogen-bond donors (Lipinski definition) is 1. The largest absolute Gasteiger partial charge is 0.374 e. The van der Waals surface area contributed by atoms with Gasteiger partial charge in [0.15, 0.2) is 0 Å². The van der Waals surface area contributed by atoms with Crippen LogP contribution in [-0.2, 0) is 6.54 Å². The van der Waals surface area contributed by atoms with Crippen LogP contribution >= 0.6 is 11.3 Å². The Bertz CT molecular complexity index is 1070. The van der Waals surface area contributed by atoms with Gasteiger partial charge in [0.05, 0.1) is 29.0 Å². The molecule has 0 unspecified atom stereocenters. The van der Waals surface area contributed by atoms with E-state index >= 15 is 0 Å². The molecule has 0 atom stereocenters. The zero-order valence-corrected chi connectivity index (χ0v) is 13.4. The highest BCUT2D eigenvalue weighted by molar-refractivity contribution is 7.18. The molecule has 0 saturated carbocycles. The monoisotopic (exact) mass is 332 g/mol. The van der Waals surface area contributed by atoms with E-state index in [1.54, 1.807) is 6.07 Å². The summed E-state index contributed by atoms with van der Waals surface area (Å²) in [6.07, 6.45) is 1.81. The van der Waals surface area contributed by atoms with E-state index in [0.717, 1.165) is 27.2 Å². The Hall–Kier alpha value is -3.24. The Morgan fingerprint density at radius 1 is 1.17 bits per heavy atom. The predicted octanol–water partition coefficient (Wildman–Crippen LogP) is 3.06. The summed E-state index contributed by atoms with van der Waals surface area (Å²) in [4.78, 5) is 4.44. The molecular weight excluding hydrogens is 320 g/mol. The van der Waals surface area contributed by atoms with E-state index in [2.05, 4.69) is 25.8 Å². The van der Waals surface area contributed by atoms with E-state index in [9.17, 15) is 0 Å². The van der Waals surface area contributed by atoms with Gasteiger partial charge in [-0.25, -0.2) is 4.98 Å². The van der Waals surface area contributed by atoms with E-state index in [1.165, 1.54) is 11.3 Å². The van der Waals surface area contributed by atoms with E-state index in [-0.39, 0.29) is 0 Å². The zero-order valence-electron chi connectivity index (χ0n) is 12.5. The third kappa shape index (κ3) is 2.59. The van der Waals surface area contributed by atoms with E-state index < -0.39 is 0 Å². The lowest BCUT2D eigenvalue weighted by Crippen LogP contribution is -1.98. The smallest absolute Gasteiger partial charge is 0.203 e. The third-order valence-electron chi connectivity index (χ3n) is 3.72. The molecule has 24 heavy (non-hydrogen) atoms. The topological polar surface area (TPSA) is 93.4 Å². The summed E-state index contributed by atoms with van der Waals surface area (Å²) >= 11 is 1.36. The highest BCUT2D eigenvalue weighted by Crippen LogP contribution is 2.27. The fourth-order valence-electron chi connectivity index (χ4n) is 2.60. The Morgan fingerprint density at radius 2 is 2.08 bits per heavy atom. The quantitative estimate of drug-likeness (QED) is 0.622. The van der Waals surface area contributed by atoms with Gasteiger partial charge in [-0.05, 0) is 35.9 Å². The number of nitrogens with two attached hydrogens (primary N) is 1.